The largest absolute Gasteiger partial charge is 0.451 e. The summed E-state index contributed by atoms with van der Waals surface area (Å²) >= 11 is 0. The monoisotopic (exact) mass is 341 g/mol. The molecule has 0 N–H and O–H groups in total. The minimum Gasteiger partial charge on any atom is -0.451 e. The normalized spacial score (nSPS) is 19.3. The van der Waals surface area contributed by atoms with Gasteiger partial charge >= 0.3 is 5.97 Å². The lowest BCUT2D eigenvalue weighted by molar-refractivity contribution is -0.136. The molecule has 2 rings (SSSR count). The van der Waals surface area contributed by atoms with Crippen LogP contribution in [0.15, 0.2) is 12.4 Å². The summed E-state index contributed by atoms with van der Waals surface area (Å²) in [7, 11) is -3.08. The number of rotatable bonds is 5. The second-order valence-corrected chi connectivity index (χ2v) is 7.58. The summed E-state index contributed by atoms with van der Waals surface area (Å²) in [5.41, 5.74) is 0.687. The van der Waals surface area contributed by atoms with Crippen molar-refractivity contribution >= 4 is 21.7 Å². The number of carbonyl (C=O) groups excluding carboxylic acids is 2. The van der Waals surface area contributed by atoms with Crippen molar-refractivity contribution in [1.29, 1.82) is 0 Å². The molecule has 1 aromatic rings. The maximum absolute atomic E-state index is 12.2. The van der Waals surface area contributed by atoms with Gasteiger partial charge in [0.2, 0.25) is 0 Å². The highest BCUT2D eigenvalue weighted by atomic mass is 32.2. The Morgan fingerprint density at radius 1 is 1.35 bits per heavy atom. The van der Waals surface area contributed by atoms with Crippen LogP contribution in [0, 0.1) is 6.92 Å². The third-order valence-corrected chi connectivity index (χ3v) is 5.38. The van der Waals surface area contributed by atoms with Gasteiger partial charge in [-0.2, -0.15) is 0 Å². The Labute approximate surface area is 134 Å². The summed E-state index contributed by atoms with van der Waals surface area (Å²) in [5.74, 6) is -1.10. The van der Waals surface area contributed by atoms with Crippen LogP contribution in [0.25, 0.3) is 0 Å². The van der Waals surface area contributed by atoms with Gasteiger partial charge in [0.05, 0.1) is 23.4 Å². The summed E-state index contributed by atoms with van der Waals surface area (Å²) in [6, 6.07) is -0.352. The van der Waals surface area contributed by atoms with E-state index in [4.69, 9.17) is 4.74 Å². The van der Waals surface area contributed by atoms with Gasteiger partial charge in [-0.05, 0) is 20.3 Å². The van der Waals surface area contributed by atoms with Crippen molar-refractivity contribution in [1.82, 2.24) is 14.9 Å². The fourth-order valence-corrected chi connectivity index (χ4v) is 4.17. The Hall–Kier alpha value is -2.03. The average molecular weight is 341 g/mol. The molecule has 8 nitrogen and oxygen atoms in total. The number of hydrogen-bond acceptors (Lipinski definition) is 7. The highest BCUT2D eigenvalue weighted by Gasteiger charge is 2.34. The minimum absolute atomic E-state index is 0.0230. The molecule has 2 heterocycles. The molecular weight excluding hydrogens is 322 g/mol. The molecule has 0 aliphatic carbocycles. The van der Waals surface area contributed by atoms with Gasteiger partial charge in [0.1, 0.15) is 0 Å². The Kier molecular flexibility index (Phi) is 5.30. The smallest absolute Gasteiger partial charge is 0.359 e. The fourth-order valence-electron chi connectivity index (χ4n) is 2.44. The number of aryl methyl sites for hydroxylation is 1. The molecule has 1 atom stereocenters. The van der Waals surface area contributed by atoms with Crippen LogP contribution in [-0.4, -0.2) is 65.9 Å². The van der Waals surface area contributed by atoms with E-state index < -0.39 is 28.3 Å². The maximum Gasteiger partial charge on any atom is 0.359 e. The molecule has 1 aromatic heterocycles. The van der Waals surface area contributed by atoms with Crippen LogP contribution >= 0.6 is 0 Å². The fraction of sp³-hybridized carbons (Fsp3) is 0.571. The van der Waals surface area contributed by atoms with Gasteiger partial charge in [0.25, 0.3) is 5.91 Å². The van der Waals surface area contributed by atoms with E-state index in [9.17, 15) is 18.0 Å². The average Bonchev–Trinajstić information content (AvgIpc) is 2.86. The van der Waals surface area contributed by atoms with Crippen molar-refractivity contribution in [2.75, 3.05) is 24.7 Å². The first-order chi connectivity index (χ1) is 10.8. The number of carbonyl (C=O) groups is 2. The number of ether oxygens (including phenoxy) is 1. The van der Waals surface area contributed by atoms with Crippen LogP contribution in [0.5, 0.6) is 0 Å². The Balaban J connectivity index is 1.92. The molecular formula is C14H19N3O5S. The zero-order valence-corrected chi connectivity index (χ0v) is 13.9. The second-order valence-electron chi connectivity index (χ2n) is 5.36. The molecule has 1 aliphatic heterocycles. The Morgan fingerprint density at radius 2 is 2.09 bits per heavy atom. The number of nitrogens with zero attached hydrogens (tertiary/aromatic N) is 3. The van der Waals surface area contributed by atoms with Crippen molar-refractivity contribution in [2.24, 2.45) is 0 Å². The van der Waals surface area contributed by atoms with Gasteiger partial charge in [-0.15, -0.1) is 0 Å². The number of likely N-dealkylation sites (N-methyl/N-ethyl adjacent to an activating group) is 1. The quantitative estimate of drug-likeness (QED) is 0.693. The minimum atomic E-state index is -3.08. The first kappa shape index (κ1) is 17.3. The van der Waals surface area contributed by atoms with Crippen molar-refractivity contribution in [3.05, 3.63) is 23.8 Å². The van der Waals surface area contributed by atoms with E-state index >= 15 is 0 Å². The summed E-state index contributed by atoms with van der Waals surface area (Å²) < 4.78 is 28.0. The van der Waals surface area contributed by atoms with Gasteiger partial charge in [0.15, 0.2) is 22.1 Å². The highest BCUT2D eigenvalue weighted by molar-refractivity contribution is 7.91. The van der Waals surface area contributed by atoms with E-state index in [0.29, 0.717) is 18.7 Å². The lowest BCUT2D eigenvalue weighted by Gasteiger charge is -2.26. The van der Waals surface area contributed by atoms with Gasteiger partial charge in [0, 0.05) is 18.8 Å². The van der Waals surface area contributed by atoms with Gasteiger partial charge in [-0.1, -0.05) is 0 Å². The molecule has 1 fully saturated rings. The van der Waals surface area contributed by atoms with Crippen molar-refractivity contribution in [3.63, 3.8) is 0 Å². The van der Waals surface area contributed by atoms with Crippen molar-refractivity contribution in [2.45, 2.75) is 26.3 Å². The van der Waals surface area contributed by atoms with Crippen molar-refractivity contribution in [3.8, 4) is 0 Å². The molecule has 0 radical (unpaired) electrons. The molecule has 23 heavy (non-hydrogen) atoms. The molecule has 1 amide bonds. The first-order valence-electron chi connectivity index (χ1n) is 7.28. The molecule has 0 bridgehead atoms. The van der Waals surface area contributed by atoms with E-state index in [1.165, 1.54) is 17.3 Å². The first-order valence-corrected chi connectivity index (χ1v) is 9.10. The molecule has 9 heteroatoms. The van der Waals surface area contributed by atoms with Crippen LogP contribution in [-0.2, 0) is 19.4 Å². The Morgan fingerprint density at radius 3 is 2.61 bits per heavy atom. The third kappa shape index (κ3) is 4.47. The number of amides is 1. The number of sulfone groups is 1. The zero-order chi connectivity index (χ0) is 17.0. The van der Waals surface area contributed by atoms with E-state index in [-0.39, 0.29) is 23.2 Å². The summed E-state index contributed by atoms with van der Waals surface area (Å²) in [5, 5.41) is 0. The molecule has 1 saturated heterocycles. The van der Waals surface area contributed by atoms with E-state index in [1.54, 1.807) is 13.8 Å². The van der Waals surface area contributed by atoms with Crippen LogP contribution in [0.3, 0.4) is 0 Å². The highest BCUT2D eigenvalue weighted by Crippen LogP contribution is 2.17. The van der Waals surface area contributed by atoms with Crippen LogP contribution < -0.4 is 0 Å². The van der Waals surface area contributed by atoms with Gasteiger partial charge in [-0.25, -0.2) is 18.2 Å². The standard InChI is InChI=1S/C14H19N3O5S/c1-3-17(11-4-5-23(20,21)9-11)13(18)8-22-14(19)12-7-15-10(2)6-16-12/h6-7,11H,3-5,8-9H2,1-2H3/t11-/m1/s1. The number of hydrogen-bond donors (Lipinski definition) is 0. The molecule has 126 valence electrons. The van der Waals surface area contributed by atoms with Crippen molar-refractivity contribution < 1.29 is 22.7 Å². The molecule has 0 unspecified atom stereocenters. The SMILES string of the molecule is CCN(C(=O)COC(=O)c1cnc(C)cn1)[C@@H]1CCS(=O)(=O)C1. The topological polar surface area (TPSA) is 107 Å². The maximum atomic E-state index is 12.2. The summed E-state index contributed by atoms with van der Waals surface area (Å²) in [4.78, 5) is 33.2. The van der Waals surface area contributed by atoms with E-state index in [1.807, 2.05) is 0 Å². The van der Waals surface area contributed by atoms with E-state index in [0.717, 1.165) is 0 Å². The summed E-state index contributed by atoms with van der Waals surface area (Å²) in [6.07, 6.45) is 3.13. The summed E-state index contributed by atoms with van der Waals surface area (Å²) in [6.45, 7) is 3.41. The van der Waals surface area contributed by atoms with Crippen LogP contribution in [0.2, 0.25) is 0 Å². The van der Waals surface area contributed by atoms with Gasteiger partial charge in [-0.3, -0.25) is 9.78 Å². The number of esters is 1. The van der Waals surface area contributed by atoms with Crippen LogP contribution in [0.4, 0.5) is 0 Å². The predicted octanol–water partition coefficient (Wildman–Crippen LogP) is -0.0226. The Bertz CT molecular complexity index is 687. The third-order valence-electron chi connectivity index (χ3n) is 3.63. The second kappa shape index (κ2) is 7.03. The van der Waals surface area contributed by atoms with E-state index in [2.05, 4.69) is 9.97 Å². The molecule has 1 aliphatic rings. The molecule has 0 spiro atoms. The molecule has 0 saturated carbocycles. The number of aromatic nitrogens is 2. The molecule has 0 aromatic carbocycles. The zero-order valence-electron chi connectivity index (χ0n) is 13.1. The lowest BCUT2D eigenvalue weighted by Crippen LogP contribution is -2.43. The lowest BCUT2D eigenvalue weighted by atomic mass is 10.2. The predicted molar refractivity (Wildman–Crippen MR) is 81.5 cm³/mol. The van der Waals surface area contributed by atoms with Gasteiger partial charge < -0.3 is 9.64 Å². The van der Waals surface area contributed by atoms with Crippen LogP contribution in [0.1, 0.15) is 29.5 Å².